The molecule has 8 aromatic rings. The predicted molar refractivity (Wildman–Crippen MR) is 183 cm³/mol. The molecule has 0 unspecified atom stereocenters. The highest BCUT2D eigenvalue weighted by molar-refractivity contribution is 6.21. The minimum Gasteiger partial charge on any atom is -0.262 e. The molecule has 1 heterocycles. The van der Waals surface area contributed by atoms with E-state index in [0.717, 1.165) is 5.69 Å². The molecule has 202 valence electrons. The van der Waals surface area contributed by atoms with Gasteiger partial charge in [-0.1, -0.05) is 121 Å². The Morgan fingerprint density at radius 3 is 1.47 bits per heavy atom. The molecular weight excluding hydrogens is 518 g/mol. The molecule has 1 nitrogen and oxygen atoms in total. The lowest BCUT2D eigenvalue weighted by Crippen LogP contribution is -1.91. The van der Waals surface area contributed by atoms with Crippen molar-refractivity contribution in [3.63, 3.8) is 0 Å². The van der Waals surface area contributed by atoms with E-state index in [0.29, 0.717) is 0 Å². The van der Waals surface area contributed by atoms with Gasteiger partial charge in [0.25, 0.3) is 0 Å². The van der Waals surface area contributed by atoms with Crippen molar-refractivity contribution in [1.29, 1.82) is 0 Å². The van der Waals surface area contributed by atoms with Gasteiger partial charge in [-0.15, -0.1) is 0 Å². The van der Waals surface area contributed by atoms with E-state index in [1.165, 1.54) is 76.8 Å². The Bertz CT molecular complexity index is 2240. The van der Waals surface area contributed by atoms with Gasteiger partial charge in [0.2, 0.25) is 0 Å². The maximum absolute atomic E-state index is 4.37. The van der Waals surface area contributed by atoms with Crippen LogP contribution in [0.5, 0.6) is 0 Å². The molecule has 7 aromatic carbocycles. The molecule has 43 heavy (non-hydrogen) atoms. The van der Waals surface area contributed by atoms with E-state index in [1.807, 2.05) is 13.1 Å². The van der Waals surface area contributed by atoms with Gasteiger partial charge < -0.3 is 0 Å². The van der Waals surface area contributed by atoms with Gasteiger partial charge >= 0.3 is 0 Å². The molecule has 0 bridgehead atoms. The first-order chi connectivity index (χ1) is 21.2. The van der Waals surface area contributed by atoms with Gasteiger partial charge in [-0.2, -0.15) is 0 Å². The van der Waals surface area contributed by atoms with Gasteiger partial charge in [-0.25, -0.2) is 0 Å². The van der Waals surface area contributed by atoms with Crippen molar-refractivity contribution in [2.75, 3.05) is 0 Å². The molecule has 1 aromatic heterocycles. The summed E-state index contributed by atoms with van der Waals surface area (Å²) in [6.07, 6.45) is 1.88. The fourth-order valence-electron chi connectivity index (χ4n) is 6.54. The Labute approximate surface area is 251 Å². The van der Waals surface area contributed by atoms with Crippen LogP contribution in [0.3, 0.4) is 0 Å². The smallest absolute Gasteiger partial charge is 0.0378 e. The Morgan fingerprint density at radius 2 is 0.837 bits per heavy atom. The second-order valence-electron chi connectivity index (χ2n) is 11.3. The molecule has 0 aliphatic carbocycles. The molecule has 0 spiro atoms. The fraction of sp³-hybridized carbons (Fsp3) is 0.0238. The molecule has 0 saturated heterocycles. The number of hydrogen-bond donors (Lipinski definition) is 0. The van der Waals surface area contributed by atoms with Crippen LogP contribution in [0.2, 0.25) is 0 Å². The Hall–Kier alpha value is -5.53. The van der Waals surface area contributed by atoms with E-state index in [9.17, 15) is 0 Å². The SMILES string of the molecule is Cc1cc(-c2cccc(-c3ccc4ccc(-c5c6ccccc6c(-c6ccccc6)c6ccccc56)cc4c3)c2)ccn1. The zero-order chi connectivity index (χ0) is 28.8. The minimum absolute atomic E-state index is 1.03. The van der Waals surface area contributed by atoms with Gasteiger partial charge in [0.1, 0.15) is 0 Å². The molecule has 0 aliphatic heterocycles. The summed E-state index contributed by atoms with van der Waals surface area (Å²) in [5.41, 5.74) is 10.9. The first kappa shape index (κ1) is 25.2. The topological polar surface area (TPSA) is 12.9 Å². The highest BCUT2D eigenvalue weighted by Crippen LogP contribution is 2.44. The first-order valence-corrected chi connectivity index (χ1v) is 14.8. The number of benzene rings is 7. The van der Waals surface area contributed by atoms with Crippen LogP contribution >= 0.6 is 0 Å². The third-order valence-corrected chi connectivity index (χ3v) is 8.55. The predicted octanol–water partition coefficient (Wildman–Crippen LogP) is 11.5. The van der Waals surface area contributed by atoms with Crippen LogP contribution in [-0.2, 0) is 0 Å². The number of nitrogens with zero attached hydrogens (tertiary/aromatic N) is 1. The molecule has 0 amide bonds. The molecule has 0 aliphatic rings. The lowest BCUT2D eigenvalue weighted by atomic mass is 9.85. The van der Waals surface area contributed by atoms with Gasteiger partial charge in [0.05, 0.1) is 0 Å². The molecule has 8 rings (SSSR count). The van der Waals surface area contributed by atoms with Crippen LogP contribution in [0.25, 0.3) is 76.8 Å². The molecule has 0 radical (unpaired) electrons. The minimum atomic E-state index is 1.03. The molecule has 0 atom stereocenters. The summed E-state index contributed by atoms with van der Waals surface area (Å²) in [6.45, 7) is 2.04. The highest BCUT2D eigenvalue weighted by atomic mass is 14.6. The monoisotopic (exact) mass is 547 g/mol. The highest BCUT2D eigenvalue weighted by Gasteiger charge is 2.16. The van der Waals surface area contributed by atoms with Gasteiger partial charge in [0, 0.05) is 11.9 Å². The van der Waals surface area contributed by atoms with Crippen molar-refractivity contribution < 1.29 is 0 Å². The maximum atomic E-state index is 4.37. The summed E-state index contributed by atoms with van der Waals surface area (Å²) in [4.78, 5) is 4.37. The number of fused-ring (bicyclic) bond motifs is 3. The van der Waals surface area contributed by atoms with Crippen molar-refractivity contribution in [3.8, 4) is 44.5 Å². The van der Waals surface area contributed by atoms with Crippen molar-refractivity contribution in [2.45, 2.75) is 6.92 Å². The van der Waals surface area contributed by atoms with Crippen molar-refractivity contribution in [1.82, 2.24) is 4.98 Å². The van der Waals surface area contributed by atoms with Crippen molar-refractivity contribution >= 4 is 32.3 Å². The lowest BCUT2D eigenvalue weighted by Gasteiger charge is -2.18. The average Bonchev–Trinajstić information content (AvgIpc) is 3.07. The second-order valence-corrected chi connectivity index (χ2v) is 11.3. The maximum Gasteiger partial charge on any atom is 0.0378 e. The summed E-state index contributed by atoms with van der Waals surface area (Å²) < 4.78 is 0. The van der Waals surface area contributed by atoms with E-state index in [-0.39, 0.29) is 0 Å². The van der Waals surface area contributed by atoms with Crippen molar-refractivity contribution in [2.24, 2.45) is 0 Å². The molecular formula is C42H29N. The molecule has 0 fully saturated rings. The van der Waals surface area contributed by atoms with E-state index in [4.69, 9.17) is 0 Å². The summed E-state index contributed by atoms with van der Waals surface area (Å²) in [6, 6.07) is 55.2. The normalized spacial score (nSPS) is 11.4. The van der Waals surface area contributed by atoms with Crippen LogP contribution in [0, 0.1) is 6.92 Å². The van der Waals surface area contributed by atoms with Crippen LogP contribution in [0.15, 0.2) is 158 Å². The summed E-state index contributed by atoms with van der Waals surface area (Å²) in [7, 11) is 0. The summed E-state index contributed by atoms with van der Waals surface area (Å²) in [5, 5.41) is 7.58. The van der Waals surface area contributed by atoms with Gasteiger partial charge in [0.15, 0.2) is 0 Å². The van der Waals surface area contributed by atoms with Gasteiger partial charge in [-0.05, 0) is 114 Å². The zero-order valence-electron chi connectivity index (χ0n) is 24.0. The Morgan fingerprint density at radius 1 is 0.349 bits per heavy atom. The van der Waals surface area contributed by atoms with Crippen LogP contribution < -0.4 is 0 Å². The third kappa shape index (κ3) is 4.47. The fourth-order valence-corrected chi connectivity index (χ4v) is 6.54. The number of aryl methyl sites for hydroxylation is 1. The van der Waals surface area contributed by atoms with E-state index < -0.39 is 0 Å². The Kier molecular flexibility index (Phi) is 6.09. The molecule has 1 heteroatoms. The Balaban J connectivity index is 1.31. The van der Waals surface area contributed by atoms with Crippen LogP contribution in [0.1, 0.15) is 5.69 Å². The number of hydrogen-bond acceptors (Lipinski definition) is 1. The standard InChI is InChI=1S/C42H29N/c1-28-24-34(22-23-43-28)32-13-9-12-31(25-32)33-20-18-29-19-21-35(27-36(29)26-33)42-39-16-7-5-14-37(39)41(30-10-3-2-4-11-30)38-15-6-8-17-40(38)42/h2-27H,1H3. The largest absolute Gasteiger partial charge is 0.262 e. The quantitative estimate of drug-likeness (QED) is 0.200. The lowest BCUT2D eigenvalue weighted by molar-refractivity contribution is 1.20. The van der Waals surface area contributed by atoms with Gasteiger partial charge in [-0.3, -0.25) is 4.98 Å². The number of aromatic nitrogens is 1. The van der Waals surface area contributed by atoms with E-state index in [1.54, 1.807) is 0 Å². The summed E-state index contributed by atoms with van der Waals surface area (Å²) in [5.74, 6) is 0. The van der Waals surface area contributed by atoms with E-state index in [2.05, 4.69) is 157 Å². The number of pyridine rings is 1. The van der Waals surface area contributed by atoms with E-state index >= 15 is 0 Å². The molecule has 0 N–H and O–H groups in total. The van der Waals surface area contributed by atoms with Crippen LogP contribution in [-0.4, -0.2) is 4.98 Å². The summed E-state index contributed by atoms with van der Waals surface area (Å²) >= 11 is 0. The van der Waals surface area contributed by atoms with Crippen LogP contribution in [0.4, 0.5) is 0 Å². The zero-order valence-corrected chi connectivity index (χ0v) is 24.0. The number of rotatable bonds is 4. The first-order valence-electron chi connectivity index (χ1n) is 14.8. The molecule has 0 saturated carbocycles. The van der Waals surface area contributed by atoms with Crippen molar-refractivity contribution in [3.05, 3.63) is 164 Å². The average molecular weight is 548 g/mol. The second kappa shape index (κ2) is 10.4. The third-order valence-electron chi connectivity index (χ3n) is 8.55.